The average Bonchev–Trinajstić information content (AvgIpc) is 2.76. The molecule has 0 aliphatic rings. The molecule has 1 aromatic carbocycles. The van der Waals surface area contributed by atoms with Gasteiger partial charge in [-0.05, 0) is 30.7 Å². The Bertz CT molecular complexity index is 1200. The van der Waals surface area contributed by atoms with Crippen molar-refractivity contribution >= 4 is 46.5 Å². The number of hydrogen-bond donors (Lipinski definition) is 5. The van der Waals surface area contributed by atoms with Crippen LogP contribution in [0, 0.1) is 0 Å². The van der Waals surface area contributed by atoms with E-state index in [9.17, 15) is 19.5 Å². The Kier molecular flexibility index (Phi) is 6.81. The summed E-state index contributed by atoms with van der Waals surface area (Å²) in [5, 5.41) is 20.2. The van der Waals surface area contributed by atoms with Crippen LogP contribution in [0.4, 0.5) is 17.5 Å². The highest BCUT2D eigenvalue weighted by molar-refractivity contribution is 5.97. The van der Waals surface area contributed by atoms with Gasteiger partial charge in [0.1, 0.15) is 6.04 Å². The fourth-order valence-corrected chi connectivity index (χ4v) is 3.03. The number of carbonyl (C=O) groups excluding carboxylic acids is 1. The topological polar surface area (TPSA) is 211 Å². The molecule has 1 atom stereocenters. The SMILES string of the molecule is CN(Cc1cnc2nc(N)nc(N)c2n1)c1ccc(C(=O)N[13C@@H]([13CH2][13CH2][13C](=O)O)[13C](=O)O)cc1. The number of carbonyl (C=O) groups is 3. The Hall–Kier alpha value is -4.55. The summed E-state index contributed by atoms with van der Waals surface area (Å²) in [5.41, 5.74) is 13.7. The molecule has 0 fully saturated rings. The quantitative estimate of drug-likeness (QED) is 0.273. The first kappa shape index (κ1) is 23.1. The van der Waals surface area contributed by atoms with Gasteiger partial charge in [-0.25, -0.2) is 14.8 Å². The highest BCUT2D eigenvalue weighted by Gasteiger charge is 2.21. The Balaban J connectivity index is 1.67. The van der Waals surface area contributed by atoms with Gasteiger partial charge in [-0.1, -0.05) is 0 Å². The second-order valence-corrected chi connectivity index (χ2v) is 7.20. The zero-order valence-electron chi connectivity index (χ0n) is 17.6. The lowest BCUT2D eigenvalue weighted by Gasteiger charge is -2.19. The van der Waals surface area contributed by atoms with Crippen molar-refractivity contribution in [3.05, 3.63) is 41.7 Å². The number of amides is 1. The van der Waals surface area contributed by atoms with Crippen molar-refractivity contribution in [3.8, 4) is 0 Å². The van der Waals surface area contributed by atoms with Crippen molar-refractivity contribution in [3.63, 3.8) is 0 Å². The number of carboxylic acid groups (broad SMARTS) is 2. The molecule has 0 saturated carbocycles. The number of nitrogens with one attached hydrogen (secondary N) is 1. The lowest BCUT2D eigenvalue weighted by Crippen LogP contribution is -2.41. The standard InChI is InChI=1S/C20H22N8O5/c1-28(9-11-8-23-17-15(24-11)16(21)26-20(22)27-17)12-4-2-10(3-5-12)18(31)25-13(19(32)33)6-7-14(29)30/h2-5,8,13H,6-7,9H2,1H3,(H,25,31)(H,29,30)(H,32,33)(H4,21,22,23,26,27)/t13-/m0/s1/i6+1,7+1,13+1,14+1,19+1. The summed E-state index contributed by atoms with van der Waals surface area (Å²) in [7, 11) is 1.82. The second-order valence-electron chi connectivity index (χ2n) is 7.20. The average molecular weight is 459 g/mol. The molecular weight excluding hydrogens is 437 g/mol. The molecule has 0 radical (unpaired) electrons. The minimum atomic E-state index is -1.30. The Morgan fingerprint density at radius 1 is 1.09 bits per heavy atom. The van der Waals surface area contributed by atoms with Crippen LogP contribution >= 0.6 is 0 Å². The monoisotopic (exact) mass is 459 g/mol. The predicted octanol–water partition coefficient (Wildman–Crippen LogP) is 0.268. The molecule has 33 heavy (non-hydrogen) atoms. The lowest BCUT2D eigenvalue weighted by molar-refractivity contribution is -0.140. The number of fused-ring (bicyclic) bond motifs is 1. The first-order chi connectivity index (χ1) is 15.6. The maximum atomic E-state index is 12.4. The number of nitrogen functional groups attached to an aromatic ring is 2. The van der Waals surface area contributed by atoms with E-state index in [1.54, 1.807) is 18.3 Å². The van der Waals surface area contributed by atoms with Gasteiger partial charge in [0.15, 0.2) is 17.0 Å². The van der Waals surface area contributed by atoms with Crippen LogP contribution in [0.3, 0.4) is 0 Å². The Morgan fingerprint density at radius 2 is 1.79 bits per heavy atom. The normalized spacial score (nSPS) is 11.7. The molecule has 13 heteroatoms. The van der Waals surface area contributed by atoms with Crippen molar-refractivity contribution in [2.75, 3.05) is 23.4 Å². The van der Waals surface area contributed by atoms with Gasteiger partial charge in [-0.15, -0.1) is 0 Å². The van der Waals surface area contributed by atoms with Gasteiger partial charge in [0.2, 0.25) is 5.95 Å². The number of anilines is 3. The molecule has 2 heterocycles. The van der Waals surface area contributed by atoms with Gasteiger partial charge in [0.25, 0.3) is 5.91 Å². The fraction of sp³-hybridized carbons (Fsp3) is 0.250. The van der Waals surface area contributed by atoms with Crippen molar-refractivity contribution in [2.45, 2.75) is 25.4 Å². The molecule has 0 saturated heterocycles. The molecule has 1 amide bonds. The largest absolute Gasteiger partial charge is 0.481 e. The van der Waals surface area contributed by atoms with Crippen LogP contribution in [0.2, 0.25) is 0 Å². The first-order valence-corrected chi connectivity index (χ1v) is 9.75. The van der Waals surface area contributed by atoms with Gasteiger partial charge < -0.3 is 31.9 Å². The summed E-state index contributed by atoms with van der Waals surface area (Å²) in [6, 6.07) is 5.16. The van der Waals surface area contributed by atoms with Crippen LogP contribution in [0.25, 0.3) is 11.2 Å². The van der Waals surface area contributed by atoms with E-state index in [4.69, 9.17) is 16.6 Å². The van der Waals surface area contributed by atoms with E-state index in [0.717, 1.165) is 5.69 Å². The number of rotatable bonds is 9. The van der Waals surface area contributed by atoms with Gasteiger partial charge in [0, 0.05) is 24.7 Å². The Labute approximate surface area is 187 Å². The number of nitrogens with two attached hydrogens (primary N) is 2. The van der Waals surface area contributed by atoms with E-state index < -0.39 is 23.9 Å². The fourth-order valence-electron chi connectivity index (χ4n) is 3.03. The van der Waals surface area contributed by atoms with Gasteiger partial charge >= 0.3 is 11.9 Å². The molecule has 7 N–H and O–H groups in total. The van der Waals surface area contributed by atoms with Gasteiger partial charge in [-0.2, -0.15) is 9.97 Å². The summed E-state index contributed by atoms with van der Waals surface area (Å²) >= 11 is 0. The van der Waals surface area contributed by atoms with E-state index in [-0.39, 0.29) is 30.2 Å². The molecular formula is C20H22N8O5. The third-order valence-electron chi connectivity index (χ3n) is 4.72. The zero-order valence-corrected chi connectivity index (χ0v) is 17.6. The van der Waals surface area contributed by atoms with E-state index >= 15 is 0 Å². The highest BCUT2D eigenvalue weighted by atomic mass is 16.5. The summed E-state index contributed by atoms with van der Waals surface area (Å²) in [4.78, 5) is 52.7. The Morgan fingerprint density at radius 3 is 2.42 bits per heavy atom. The van der Waals surface area contributed by atoms with E-state index in [2.05, 4.69) is 25.3 Å². The van der Waals surface area contributed by atoms with Crippen molar-refractivity contribution in [2.24, 2.45) is 0 Å². The van der Waals surface area contributed by atoms with Gasteiger partial charge in [-0.3, -0.25) is 9.59 Å². The third kappa shape index (κ3) is 5.78. The second kappa shape index (κ2) is 9.72. The summed E-state index contributed by atoms with van der Waals surface area (Å²) in [6.07, 6.45) is 0.964. The van der Waals surface area contributed by atoms with Crippen LogP contribution in [0.1, 0.15) is 28.9 Å². The molecule has 172 valence electrons. The molecule has 0 aliphatic heterocycles. The van der Waals surface area contributed by atoms with Crippen molar-refractivity contribution in [1.82, 2.24) is 25.3 Å². The van der Waals surface area contributed by atoms with Crippen LogP contribution in [0.15, 0.2) is 30.5 Å². The first-order valence-electron chi connectivity index (χ1n) is 9.75. The zero-order chi connectivity index (χ0) is 24.1. The molecule has 3 rings (SSSR count). The highest BCUT2D eigenvalue weighted by Crippen LogP contribution is 2.19. The van der Waals surface area contributed by atoms with E-state index in [1.807, 2.05) is 11.9 Å². The van der Waals surface area contributed by atoms with Crippen molar-refractivity contribution < 1.29 is 24.6 Å². The lowest BCUT2D eigenvalue weighted by atomic mass is 10.2. The molecule has 0 spiro atoms. The van der Waals surface area contributed by atoms with Crippen molar-refractivity contribution in [1.29, 1.82) is 0 Å². The summed E-state index contributed by atoms with van der Waals surface area (Å²) < 4.78 is 0. The maximum absolute atomic E-state index is 12.4. The smallest absolute Gasteiger partial charge is 0.326 e. The van der Waals surface area contributed by atoms with Crippen LogP contribution in [-0.4, -0.2) is 61.1 Å². The summed E-state index contributed by atoms with van der Waals surface area (Å²) in [6.45, 7) is 0.370. The minimum Gasteiger partial charge on any atom is -0.481 e. The predicted molar refractivity (Wildman–Crippen MR) is 118 cm³/mol. The molecule has 0 unspecified atom stereocenters. The number of nitrogens with zero attached hydrogens (tertiary/aromatic N) is 5. The molecule has 0 aliphatic carbocycles. The molecule has 0 bridgehead atoms. The number of aliphatic carboxylic acids is 2. The van der Waals surface area contributed by atoms with E-state index in [1.165, 1.54) is 12.1 Å². The van der Waals surface area contributed by atoms with Gasteiger partial charge in [0.05, 0.1) is 18.4 Å². The third-order valence-corrected chi connectivity index (χ3v) is 4.72. The molecule has 2 aromatic heterocycles. The maximum Gasteiger partial charge on any atom is 0.326 e. The number of carboxylic acids is 2. The summed E-state index contributed by atoms with van der Waals surface area (Å²) in [5.74, 6) is -2.91. The molecule has 13 nitrogen and oxygen atoms in total. The van der Waals surface area contributed by atoms with Crippen LogP contribution in [0.5, 0.6) is 0 Å². The number of benzene rings is 1. The van der Waals surface area contributed by atoms with Crippen LogP contribution < -0.4 is 21.7 Å². The van der Waals surface area contributed by atoms with E-state index in [0.29, 0.717) is 23.4 Å². The van der Waals surface area contributed by atoms with Crippen LogP contribution in [-0.2, 0) is 16.1 Å². The minimum absolute atomic E-state index is 0.0138. The number of aromatic nitrogens is 4. The molecule has 3 aromatic rings. The number of hydrogen-bond acceptors (Lipinski definition) is 10.